The Morgan fingerprint density at radius 3 is 2.64 bits per heavy atom. The topological polar surface area (TPSA) is 85.1 Å². The molecule has 0 aliphatic carbocycles. The molecule has 1 aromatic carbocycles. The number of nitrogens with two attached hydrogens (primary N) is 1. The van der Waals surface area contributed by atoms with Crippen molar-refractivity contribution in [2.24, 2.45) is 5.73 Å². The average molecular weight is 353 g/mol. The second kappa shape index (κ2) is 8.21. The standard InChI is InChI=1S/C14H15N3O2S3/c1-9-13(21-7-11(15)18)22-14(16-9)17-12(19)8-20-10-5-3-2-4-6-10/h2-6H,7-8H2,1H3,(H2,15,18)(H,16,17,19). The minimum Gasteiger partial charge on any atom is -0.369 e. The number of carbonyl (C=O) groups is 2. The number of thioether (sulfide) groups is 2. The number of anilines is 1. The zero-order valence-corrected chi connectivity index (χ0v) is 14.3. The predicted octanol–water partition coefficient (Wildman–Crippen LogP) is 2.76. The quantitative estimate of drug-likeness (QED) is 0.748. The largest absolute Gasteiger partial charge is 0.369 e. The number of rotatable bonds is 7. The van der Waals surface area contributed by atoms with Gasteiger partial charge in [-0.15, -0.1) is 23.5 Å². The Bertz CT molecular complexity index is 659. The van der Waals surface area contributed by atoms with Crippen LogP contribution in [-0.4, -0.2) is 28.3 Å². The second-order valence-corrected chi connectivity index (χ2v) is 7.59. The van der Waals surface area contributed by atoms with Gasteiger partial charge in [0.05, 0.1) is 21.4 Å². The number of carbonyl (C=O) groups excluding carboxylic acids is 2. The molecule has 0 radical (unpaired) electrons. The van der Waals surface area contributed by atoms with E-state index < -0.39 is 0 Å². The van der Waals surface area contributed by atoms with E-state index in [4.69, 9.17) is 5.73 Å². The maximum atomic E-state index is 11.9. The van der Waals surface area contributed by atoms with Gasteiger partial charge in [-0.25, -0.2) is 4.98 Å². The van der Waals surface area contributed by atoms with Crippen molar-refractivity contribution in [3.8, 4) is 0 Å². The monoisotopic (exact) mass is 353 g/mol. The van der Waals surface area contributed by atoms with Gasteiger partial charge < -0.3 is 11.1 Å². The van der Waals surface area contributed by atoms with Crippen molar-refractivity contribution in [3.63, 3.8) is 0 Å². The Labute approximate surface area is 141 Å². The molecule has 0 atom stereocenters. The van der Waals surface area contributed by atoms with Gasteiger partial charge in [-0.1, -0.05) is 29.5 Å². The van der Waals surface area contributed by atoms with Gasteiger partial charge >= 0.3 is 0 Å². The van der Waals surface area contributed by atoms with Crippen LogP contribution >= 0.6 is 34.9 Å². The Morgan fingerprint density at radius 2 is 1.95 bits per heavy atom. The molecule has 116 valence electrons. The number of benzene rings is 1. The molecule has 5 nitrogen and oxygen atoms in total. The highest BCUT2D eigenvalue weighted by Crippen LogP contribution is 2.32. The molecule has 3 N–H and O–H groups in total. The van der Waals surface area contributed by atoms with Crippen molar-refractivity contribution < 1.29 is 9.59 Å². The summed E-state index contributed by atoms with van der Waals surface area (Å²) in [5.41, 5.74) is 5.92. The minimum atomic E-state index is -0.373. The molecule has 0 bridgehead atoms. The lowest BCUT2D eigenvalue weighted by atomic mass is 10.4. The lowest BCUT2D eigenvalue weighted by Crippen LogP contribution is -2.13. The highest BCUT2D eigenvalue weighted by molar-refractivity contribution is 8.01. The van der Waals surface area contributed by atoms with Crippen LogP contribution in [0.2, 0.25) is 0 Å². The number of thiazole rings is 1. The average Bonchev–Trinajstić information content (AvgIpc) is 2.84. The number of nitrogens with zero attached hydrogens (tertiary/aromatic N) is 1. The molecule has 0 aliphatic heterocycles. The van der Waals surface area contributed by atoms with E-state index in [2.05, 4.69) is 10.3 Å². The van der Waals surface area contributed by atoms with Crippen LogP contribution in [0.3, 0.4) is 0 Å². The molecule has 0 unspecified atom stereocenters. The summed E-state index contributed by atoms with van der Waals surface area (Å²) in [5.74, 6) is 0.0591. The number of aryl methyl sites for hydroxylation is 1. The van der Waals surface area contributed by atoms with E-state index in [1.54, 1.807) is 0 Å². The zero-order chi connectivity index (χ0) is 15.9. The number of amides is 2. The van der Waals surface area contributed by atoms with Gasteiger partial charge in [-0.05, 0) is 19.1 Å². The molecule has 2 rings (SSSR count). The highest BCUT2D eigenvalue weighted by Gasteiger charge is 2.12. The van der Waals surface area contributed by atoms with Gasteiger partial charge in [-0.2, -0.15) is 0 Å². The van der Waals surface area contributed by atoms with Crippen LogP contribution in [0.15, 0.2) is 39.4 Å². The Balaban J connectivity index is 1.86. The molecule has 2 aromatic rings. The summed E-state index contributed by atoms with van der Waals surface area (Å²) in [7, 11) is 0. The van der Waals surface area contributed by atoms with Gasteiger partial charge in [0.2, 0.25) is 11.8 Å². The van der Waals surface area contributed by atoms with E-state index in [9.17, 15) is 9.59 Å². The number of hydrogen-bond acceptors (Lipinski definition) is 6. The maximum absolute atomic E-state index is 11.9. The van der Waals surface area contributed by atoms with Crippen LogP contribution in [-0.2, 0) is 9.59 Å². The van der Waals surface area contributed by atoms with Gasteiger partial charge in [0.1, 0.15) is 0 Å². The molecule has 2 amide bonds. The summed E-state index contributed by atoms with van der Waals surface area (Å²) in [4.78, 5) is 28.1. The van der Waals surface area contributed by atoms with Gasteiger partial charge in [0.15, 0.2) is 5.13 Å². The molecule has 0 saturated heterocycles. The first-order valence-electron chi connectivity index (χ1n) is 6.41. The van der Waals surface area contributed by atoms with Crippen LogP contribution in [0.1, 0.15) is 5.69 Å². The summed E-state index contributed by atoms with van der Waals surface area (Å²) in [6.45, 7) is 1.84. The lowest BCUT2D eigenvalue weighted by molar-refractivity contribution is -0.115. The molecule has 0 aliphatic rings. The third kappa shape index (κ3) is 5.36. The number of nitrogens with one attached hydrogen (secondary N) is 1. The molecule has 0 fully saturated rings. The van der Waals surface area contributed by atoms with Crippen molar-refractivity contribution in [2.75, 3.05) is 16.8 Å². The Morgan fingerprint density at radius 1 is 1.23 bits per heavy atom. The summed E-state index contributed by atoms with van der Waals surface area (Å²) < 4.78 is 0.893. The SMILES string of the molecule is Cc1nc(NC(=O)CSc2ccccc2)sc1SCC(N)=O. The normalized spacial score (nSPS) is 10.4. The van der Waals surface area contributed by atoms with Crippen LogP contribution in [0.25, 0.3) is 0 Å². The first kappa shape index (κ1) is 16.9. The van der Waals surface area contributed by atoms with E-state index in [0.717, 1.165) is 14.8 Å². The van der Waals surface area contributed by atoms with Crippen LogP contribution < -0.4 is 11.1 Å². The first-order valence-corrected chi connectivity index (χ1v) is 9.19. The first-order chi connectivity index (χ1) is 10.5. The highest BCUT2D eigenvalue weighted by atomic mass is 32.2. The fourth-order valence-corrected chi connectivity index (χ4v) is 4.14. The van der Waals surface area contributed by atoms with E-state index in [-0.39, 0.29) is 17.6 Å². The fraction of sp³-hybridized carbons (Fsp3) is 0.214. The molecule has 8 heteroatoms. The third-order valence-electron chi connectivity index (χ3n) is 2.46. The van der Waals surface area contributed by atoms with Crippen LogP contribution in [0.5, 0.6) is 0 Å². The molecule has 1 heterocycles. The van der Waals surface area contributed by atoms with Crippen molar-refractivity contribution in [3.05, 3.63) is 36.0 Å². The predicted molar refractivity (Wildman–Crippen MR) is 92.6 cm³/mol. The summed E-state index contributed by atoms with van der Waals surface area (Å²) >= 11 is 4.16. The van der Waals surface area contributed by atoms with Crippen molar-refractivity contribution >= 4 is 51.8 Å². The Hall–Kier alpha value is -1.51. The summed E-state index contributed by atoms with van der Waals surface area (Å²) in [6.07, 6.45) is 0. The van der Waals surface area contributed by atoms with Crippen molar-refractivity contribution in [2.45, 2.75) is 16.0 Å². The molecule has 0 saturated carbocycles. The van der Waals surface area contributed by atoms with E-state index in [1.807, 2.05) is 37.3 Å². The number of hydrogen-bond donors (Lipinski definition) is 2. The number of primary amides is 1. The third-order valence-corrected chi connectivity index (χ3v) is 5.93. The van der Waals surface area contributed by atoms with Gasteiger partial charge in [0, 0.05) is 4.90 Å². The molecule has 22 heavy (non-hydrogen) atoms. The second-order valence-electron chi connectivity index (χ2n) is 4.30. The van der Waals surface area contributed by atoms with Crippen molar-refractivity contribution in [1.29, 1.82) is 0 Å². The lowest BCUT2D eigenvalue weighted by Gasteiger charge is -2.01. The molecule has 1 aromatic heterocycles. The zero-order valence-electron chi connectivity index (χ0n) is 11.9. The van der Waals surface area contributed by atoms with E-state index in [0.29, 0.717) is 10.9 Å². The van der Waals surface area contributed by atoms with E-state index in [1.165, 1.54) is 34.9 Å². The van der Waals surface area contributed by atoms with Crippen molar-refractivity contribution in [1.82, 2.24) is 4.98 Å². The smallest absolute Gasteiger partial charge is 0.236 e. The summed E-state index contributed by atoms with van der Waals surface area (Å²) in [6, 6.07) is 9.74. The summed E-state index contributed by atoms with van der Waals surface area (Å²) in [5, 5.41) is 3.32. The van der Waals surface area contributed by atoms with Gasteiger partial charge in [-0.3, -0.25) is 9.59 Å². The minimum absolute atomic E-state index is 0.103. The molecule has 0 spiro atoms. The van der Waals surface area contributed by atoms with Gasteiger partial charge in [0.25, 0.3) is 0 Å². The molecular formula is C14H15N3O2S3. The maximum Gasteiger partial charge on any atom is 0.236 e. The fourth-order valence-electron chi connectivity index (χ4n) is 1.53. The van der Waals surface area contributed by atoms with E-state index >= 15 is 0 Å². The Kier molecular flexibility index (Phi) is 6.29. The molecular weight excluding hydrogens is 338 g/mol. The van der Waals surface area contributed by atoms with Crippen LogP contribution in [0.4, 0.5) is 5.13 Å². The number of aromatic nitrogens is 1. The van der Waals surface area contributed by atoms with Crippen LogP contribution in [0, 0.1) is 6.92 Å².